The topological polar surface area (TPSA) is 114 Å². The van der Waals surface area contributed by atoms with Crippen molar-refractivity contribution in [2.75, 3.05) is 6.54 Å². The first kappa shape index (κ1) is 38.3. The monoisotopic (exact) mass is 637 g/mol. The SMILES string of the molecule is Cc1ccc(C(C(=O)NC(Cc2ccccc2)C(=O)OC(C)(C)C)N(C(=O)CNC(=O)OC(C)(C)C)C(C)CCC(C)C)c(C)c1. The Bertz CT molecular complexity index is 1330. The van der Waals surface area contributed by atoms with Crippen LogP contribution in [0.3, 0.4) is 0 Å². The van der Waals surface area contributed by atoms with Crippen molar-refractivity contribution in [1.82, 2.24) is 15.5 Å². The zero-order chi connectivity index (χ0) is 34.8. The molecule has 2 aromatic carbocycles. The van der Waals surface area contributed by atoms with Crippen molar-refractivity contribution in [3.05, 3.63) is 70.8 Å². The molecule has 2 aromatic rings. The number of ether oxygens (including phenoxy) is 2. The van der Waals surface area contributed by atoms with Gasteiger partial charge < -0.3 is 25.0 Å². The van der Waals surface area contributed by atoms with Crippen LogP contribution >= 0.6 is 0 Å². The van der Waals surface area contributed by atoms with Crippen molar-refractivity contribution < 1.29 is 28.7 Å². The summed E-state index contributed by atoms with van der Waals surface area (Å²) in [5.41, 5.74) is 1.80. The summed E-state index contributed by atoms with van der Waals surface area (Å²) in [7, 11) is 0. The van der Waals surface area contributed by atoms with Crippen molar-refractivity contribution in [2.45, 2.75) is 125 Å². The summed E-state index contributed by atoms with van der Waals surface area (Å²) >= 11 is 0. The number of carbonyl (C=O) groups excluding carboxylic acids is 4. The lowest BCUT2D eigenvalue weighted by Gasteiger charge is -2.38. The van der Waals surface area contributed by atoms with E-state index in [2.05, 4.69) is 24.5 Å². The number of benzene rings is 2. The first-order valence-corrected chi connectivity index (χ1v) is 16.2. The molecule has 0 fully saturated rings. The maximum atomic E-state index is 14.5. The van der Waals surface area contributed by atoms with Crippen LogP contribution in [0, 0.1) is 19.8 Å². The molecule has 0 saturated carbocycles. The molecule has 0 radical (unpaired) electrons. The first-order chi connectivity index (χ1) is 21.3. The van der Waals surface area contributed by atoms with E-state index in [-0.39, 0.29) is 19.0 Å². The summed E-state index contributed by atoms with van der Waals surface area (Å²) in [6.45, 7) is 20.2. The quantitative estimate of drug-likeness (QED) is 0.240. The van der Waals surface area contributed by atoms with E-state index in [0.29, 0.717) is 17.9 Å². The maximum absolute atomic E-state index is 14.5. The molecular weight excluding hydrogens is 582 g/mol. The summed E-state index contributed by atoms with van der Waals surface area (Å²) in [5.74, 6) is -1.16. The Labute approximate surface area is 275 Å². The number of nitrogens with zero attached hydrogens (tertiary/aromatic N) is 1. The third-order valence-electron chi connectivity index (χ3n) is 7.24. The molecule has 0 heterocycles. The van der Waals surface area contributed by atoms with Crippen LogP contribution < -0.4 is 10.6 Å². The molecule has 46 heavy (non-hydrogen) atoms. The Morgan fingerprint density at radius 1 is 0.826 bits per heavy atom. The summed E-state index contributed by atoms with van der Waals surface area (Å²) in [4.78, 5) is 56.2. The van der Waals surface area contributed by atoms with Crippen LogP contribution in [-0.4, -0.2) is 58.6 Å². The van der Waals surface area contributed by atoms with E-state index in [1.807, 2.05) is 69.3 Å². The van der Waals surface area contributed by atoms with Gasteiger partial charge in [-0.1, -0.05) is 67.9 Å². The van der Waals surface area contributed by atoms with Crippen LogP contribution in [0.15, 0.2) is 48.5 Å². The van der Waals surface area contributed by atoms with Crippen molar-refractivity contribution in [2.24, 2.45) is 5.92 Å². The first-order valence-electron chi connectivity index (χ1n) is 16.2. The van der Waals surface area contributed by atoms with Gasteiger partial charge in [0, 0.05) is 12.5 Å². The van der Waals surface area contributed by atoms with E-state index in [1.54, 1.807) is 46.4 Å². The summed E-state index contributed by atoms with van der Waals surface area (Å²) in [6, 6.07) is 12.6. The second kappa shape index (κ2) is 16.6. The largest absolute Gasteiger partial charge is 0.458 e. The smallest absolute Gasteiger partial charge is 0.408 e. The Kier molecular flexibility index (Phi) is 13.8. The van der Waals surface area contributed by atoms with Gasteiger partial charge >= 0.3 is 12.1 Å². The van der Waals surface area contributed by atoms with Crippen LogP contribution in [0.4, 0.5) is 4.79 Å². The Hall–Kier alpha value is -3.88. The van der Waals surface area contributed by atoms with Gasteiger partial charge in [-0.15, -0.1) is 0 Å². The van der Waals surface area contributed by atoms with Gasteiger partial charge in [-0.05, 0) is 97.8 Å². The number of hydrogen-bond donors (Lipinski definition) is 2. The highest BCUT2D eigenvalue weighted by molar-refractivity contribution is 5.93. The molecule has 0 spiro atoms. The van der Waals surface area contributed by atoms with Crippen molar-refractivity contribution in [3.63, 3.8) is 0 Å². The molecule has 254 valence electrons. The van der Waals surface area contributed by atoms with Crippen molar-refractivity contribution in [3.8, 4) is 0 Å². The third kappa shape index (κ3) is 12.9. The fourth-order valence-electron chi connectivity index (χ4n) is 5.13. The molecule has 0 aromatic heterocycles. The third-order valence-corrected chi connectivity index (χ3v) is 7.24. The average Bonchev–Trinajstić information content (AvgIpc) is 2.92. The van der Waals surface area contributed by atoms with E-state index in [9.17, 15) is 19.2 Å². The van der Waals surface area contributed by atoms with Crippen LogP contribution in [0.5, 0.6) is 0 Å². The molecule has 2 N–H and O–H groups in total. The Morgan fingerprint density at radius 3 is 1.98 bits per heavy atom. The normalized spacial score (nSPS) is 13.7. The predicted molar refractivity (Wildman–Crippen MR) is 181 cm³/mol. The van der Waals surface area contributed by atoms with Crippen LogP contribution in [0.1, 0.15) is 103 Å². The number of esters is 1. The average molecular weight is 638 g/mol. The van der Waals surface area contributed by atoms with Gasteiger partial charge in [0.05, 0.1) is 0 Å². The lowest BCUT2D eigenvalue weighted by molar-refractivity contribution is -0.159. The van der Waals surface area contributed by atoms with E-state index in [1.165, 1.54) is 0 Å². The van der Waals surface area contributed by atoms with E-state index >= 15 is 0 Å². The molecule has 3 unspecified atom stereocenters. The molecule has 3 atom stereocenters. The summed E-state index contributed by atoms with van der Waals surface area (Å²) in [5, 5.41) is 5.53. The molecule has 9 nitrogen and oxygen atoms in total. The number of hydrogen-bond acceptors (Lipinski definition) is 6. The zero-order valence-electron chi connectivity index (χ0n) is 29.7. The standard InChI is InChI=1S/C37H55N3O6/c1-24(2)17-19-27(5)40(31(41)23-38-35(44)46-37(9,10)11)32(29-20-18-25(3)21-26(29)4)33(42)39-30(34(43)45-36(6,7)8)22-28-15-13-12-14-16-28/h12-16,18,20-21,24,27,30,32H,17,19,22-23H2,1-11H3,(H,38,44)(H,39,42). The van der Waals surface area contributed by atoms with Crippen LogP contribution in [0.2, 0.25) is 0 Å². The molecule has 3 amide bonds. The minimum Gasteiger partial charge on any atom is -0.458 e. The van der Waals surface area contributed by atoms with Gasteiger partial charge in [0.15, 0.2) is 0 Å². The van der Waals surface area contributed by atoms with Gasteiger partial charge in [0.1, 0.15) is 29.8 Å². The zero-order valence-corrected chi connectivity index (χ0v) is 29.7. The summed E-state index contributed by atoms with van der Waals surface area (Å²) in [6.07, 6.45) is 0.929. The maximum Gasteiger partial charge on any atom is 0.408 e. The molecule has 0 aliphatic heterocycles. The van der Waals surface area contributed by atoms with Crippen LogP contribution in [0.25, 0.3) is 0 Å². The Morgan fingerprint density at radius 2 is 1.43 bits per heavy atom. The lowest BCUT2D eigenvalue weighted by atomic mass is 9.94. The fourth-order valence-corrected chi connectivity index (χ4v) is 5.13. The van der Waals surface area contributed by atoms with Gasteiger partial charge in [-0.25, -0.2) is 9.59 Å². The molecule has 9 heteroatoms. The molecule has 2 rings (SSSR count). The number of rotatable bonds is 13. The molecule has 0 aliphatic rings. The van der Waals surface area contributed by atoms with Gasteiger partial charge in [-0.3, -0.25) is 9.59 Å². The number of carbonyl (C=O) groups is 4. The molecular formula is C37H55N3O6. The molecule has 0 saturated heterocycles. The van der Waals surface area contributed by atoms with E-state index < -0.39 is 47.2 Å². The predicted octanol–water partition coefficient (Wildman–Crippen LogP) is 6.59. The number of aryl methyl sites for hydroxylation is 2. The lowest BCUT2D eigenvalue weighted by Crippen LogP contribution is -2.54. The second-order valence-electron chi connectivity index (χ2n) is 14.5. The molecule has 0 aliphatic carbocycles. The number of amides is 3. The van der Waals surface area contributed by atoms with Crippen molar-refractivity contribution in [1.29, 1.82) is 0 Å². The fraction of sp³-hybridized carbons (Fsp3) is 0.568. The van der Waals surface area contributed by atoms with Crippen molar-refractivity contribution >= 4 is 23.9 Å². The highest BCUT2D eigenvalue weighted by atomic mass is 16.6. The second-order valence-corrected chi connectivity index (χ2v) is 14.5. The highest BCUT2D eigenvalue weighted by Crippen LogP contribution is 2.30. The molecule has 0 bridgehead atoms. The minimum atomic E-state index is -1.09. The minimum absolute atomic E-state index is 0.206. The number of nitrogens with one attached hydrogen (secondary N) is 2. The highest BCUT2D eigenvalue weighted by Gasteiger charge is 2.38. The van der Waals surface area contributed by atoms with Gasteiger partial charge in [0.25, 0.3) is 0 Å². The Balaban J connectivity index is 2.60. The summed E-state index contributed by atoms with van der Waals surface area (Å²) < 4.78 is 11.1. The van der Waals surface area contributed by atoms with Crippen LogP contribution in [-0.2, 0) is 30.3 Å². The number of alkyl carbamates (subject to hydrolysis) is 1. The van der Waals surface area contributed by atoms with E-state index in [0.717, 1.165) is 23.1 Å². The van der Waals surface area contributed by atoms with Gasteiger partial charge in [0.2, 0.25) is 11.8 Å². The van der Waals surface area contributed by atoms with E-state index in [4.69, 9.17) is 9.47 Å². The van der Waals surface area contributed by atoms with Gasteiger partial charge in [-0.2, -0.15) is 0 Å².